The summed E-state index contributed by atoms with van der Waals surface area (Å²) in [7, 11) is -2.41. The van der Waals surface area contributed by atoms with Crippen LogP contribution < -0.4 is 0 Å². The highest BCUT2D eigenvalue weighted by molar-refractivity contribution is 7.74. The summed E-state index contributed by atoms with van der Waals surface area (Å²) in [4.78, 5) is 15.0. The Bertz CT molecular complexity index is 10.8. The molecule has 0 radical (unpaired) electrons. The SMILES string of the molecule is O[PH+](O)Cl. The lowest BCUT2D eigenvalue weighted by Gasteiger charge is -1.62. The van der Waals surface area contributed by atoms with Crippen LogP contribution in [-0.2, 0) is 0 Å². The minimum atomic E-state index is -2.41. The zero-order chi connectivity index (χ0) is 3.58. The summed E-state index contributed by atoms with van der Waals surface area (Å²) in [5.41, 5.74) is 0. The van der Waals surface area contributed by atoms with Gasteiger partial charge in [0.1, 0.15) is 0 Å². The van der Waals surface area contributed by atoms with Gasteiger partial charge in [0.15, 0.2) is 11.2 Å². The van der Waals surface area contributed by atoms with Gasteiger partial charge in [-0.05, 0) is 0 Å². The van der Waals surface area contributed by atoms with E-state index in [1.807, 2.05) is 0 Å². The highest BCUT2D eigenvalue weighted by Crippen LogP contribution is 2.27. The Morgan fingerprint density at radius 1 is 1.50 bits per heavy atom. The summed E-state index contributed by atoms with van der Waals surface area (Å²) in [6.45, 7) is 0. The van der Waals surface area contributed by atoms with Crippen molar-refractivity contribution in [2.75, 3.05) is 0 Å². The fourth-order valence-corrected chi connectivity index (χ4v) is 0. The summed E-state index contributed by atoms with van der Waals surface area (Å²) in [5, 5.41) is 0. The van der Waals surface area contributed by atoms with Crippen molar-refractivity contribution in [3.8, 4) is 0 Å². The lowest BCUT2D eigenvalue weighted by Crippen LogP contribution is -1.41. The van der Waals surface area contributed by atoms with E-state index in [1.165, 1.54) is 0 Å². The Kier molecular flexibility index (Phi) is 2.22. The minimum absolute atomic E-state index is 2.41. The molecule has 0 amide bonds. The Balaban J connectivity index is 2.32. The monoisotopic (exact) mass is 101 g/mol. The molecule has 2 nitrogen and oxygen atoms in total. The van der Waals surface area contributed by atoms with Gasteiger partial charge in [0.25, 0.3) is 0 Å². The molecule has 0 spiro atoms. The molecule has 2 N–H and O–H groups in total. The standard InChI is InChI=1S/ClH2O2P/c1-4(2)3/h2-3H/p+1. The van der Waals surface area contributed by atoms with Gasteiger partial charge in [-0.1, -0.05) is 0 Å². The molecular formula is H3ClO2P+. The highest BCUT2D eigenvalue weighted by atomic mass is 35.7. The maximum Gasteiger partial charge on any atom is 0.353 e. The smallest absolute Gasteiger partial charge is 0.205 e. The fraction of sp³-hybridized carbons (Fsp3) is 0. The van der Waals surface area contributed by atoms with E-state index in [4.69, 9.17) is 9.79 Å². The molecular weight excluding hydrogens is 98.4 g/mol. The van der Waals surface area contributed by atoms with Gasteiger partial charge in [0, 0.05) is 0 Å². The molecule has 0 aliphatic rings. The van der Waals surface area contributed by atoms with Crippen molar-refractivity contribution in [3.63, 3.8) is 0 Å². The van der Waals surface area contributed by atoms with Gasteiger partial charge in [-0.15, -0.1) is 0 Å². The van der Waals surface area contributed by atoms with Crippen LogP contribution in [0, 0.1) is 0 Å². The topological polar surface area (TPSA) is 40.5 Å². The Hall–Kier alpha value is 0.640. The average molecular weight is 101 g/mol. The average Bonchev–Trinajstić information content (AvgIpc) is 0.811. The lowest BCUT2D eigenvalue weighted by atomic mass is 15.9. The zero-order valence-corrected chi connectivity index (χ0v) is 3.53. The van der Waals surface area contributed by atoms with Crippen LogP contribution in [-0.4, -0.2) is 9.79 Å². The highest BCUT2D eigenvalue weighted by Gasteiger charge is 1.89. The van der Waals surface area contributed by atoms with Crippen molar-refractivity contribution in [2.45, 2.75) is 0 Å². The molecule has 4 heteroatoms. The van der Waals surface area contributed by atoms with Crippen molar-refractivity contribution in [1.29, 1.82) is 0 Å². The van der Waals surface area contributed by atoms with E-state index in [2.05, 4.69) is 11.2 Å². The third-order valence-electron chi connectivity index (χ3n) is 0. The Labute approximate surface area is 29.7 Å². The van der Waals surface area contributed by atoms with E-state index in [1.54, 1.807) is 0 Å². The summed E-state index contributed by atoms with van der Waals surface area (Å²) >= 11 is 4.49. The lowest BCUT2D eigenvalue weighted by molar-refractivity contribution is 0.504. The number of hydrogen-bond acceptors (Lipinski definition) is 2. The van der Waals surface area contributed by atoms with Gasteiger partial charge >= 0.3 is 7.73 Å². The first kappa shape index (κ1) is 4.64. The first-order chi connectivity index (χ1) is 1.73. The molecule has 0 aromatic rings. The molecule has 0 rings (SSSR count). The van der Waals surface area contributed by atoms with Gasteiger partial charge in [-0.25, -0.2) is 9.79 Å². The van der Waals surface area contributed by atoms with Gasteiger partial charge in [-0.2, -0.15) is 0 Å². The summed E-state index contributed by atoms with van der Waals surface area (Å²) in [6, 6.07) is 0. The molecule has 0 atom stereocenters. The molecule has 0 unspecified atom stereocenters. The predicted molar refractivity (Wildman–Crippen MR) is 18.6 cm³/mol. The third-order valence-corrected chi connectivity index (χ3v) is 0. The van der Waals surface area contributed by atoms with Crippen LogP contribution >= 0.6 is 19.0 Å². The molecule has 0 heterocycles. The van der Waals surface area contributed by atoms with Crippen molar-refractivity contribution in [1.82, 2.24) is 0 Å². The molecule has 0 aromatic heterocycles. The zero-order valence-electron chi connectivity index (χ0n) is 1.77. The van der Waals surface area contributed by atoms with Crippen molar-refractivity contribution in [3.05, 3.63) is 0 Å². The van der Waals surface area contributed by atoms with Gasteiger partial charge in [-0.3, -0.25) is 0 Å². The molecule has 26 valence electrons. The van der Waals surface area contributed by atoms with E-state index in [-0.39, 0.29) is 0 Å². The second kappa shape index (κ2) is 1.91. The molecule has 0 fully saturated rings. The number of halogens is 1. The van der Waals surface area contributed by atoms with E-state index in [9.17, 15) is 0 Å². The Morgan fingerprint density at radius 2 is 1.50 bits per heavy atom. The minimum Gasteiger partial charge on any atom is -0.205 e. The van der Waals surface area contributed by atoms with Crippen LogP contribution in [0.25, 0.3) is 0 Å². The van der Waals surface area contributed by atoms with Gasteiger partial charge in [0.05, 0.1) is 0 Å². The molecule has 0 aromatic carbocycles. The predicted octanol–water partition coefficient (Wildman–Crippen LogP) is 0.169. The number of rotatable bonds is 0. The van der Waals surface area contributed by atoms with Crippen molar-refractivity contribution >= 4 is 19.0 Å². The quantitative estimate of drug-likeness (QED) is 0.427. The molecule has 0 aliphatic heterocycles. The normalized spacial score (nSPS) is 9.00. The van der Waals surface area contributed by atoms with Crippen LogP contribution in [0.2, 0.25) is 0 Å². The number of hydrogen-bond donors (Lipinski definition) is 2. The van der Waals surface area contributed by atoms with E-state index >= 15 is 0 Å². The largest absolute Gasteiger partial charge is 0.353 e. The summed E-state index contributed by atoms with van der Waals surface area (Å²) < 4.78 is 0. The van der Waals surface area contributed by atoms with E-state index < -0.39 is 7.73 Å². The van der Waals surface area contributed by atoms with E-state index in [0.29, 0.717) is 0 Å². The first-order valence-electron chi connectivity index (χ1n) is 0.636. The van der Waals surface area contributed by atoms with Crippen LogP contribution in [0.15, 0.2) is 0 Å². The fourth-order valence-electron chi connectivity index (χ4n) is 0. The van der Waals surface area contributed by atoms with Crippen LogP contribution in [0.4, 0.5) is 0 Å². The Morgan fingerprint density at radius 3 is 1.50 bits per heavy atom. The summed E-state index contributed by atoms with van der Waals surface area (Å²) in [5.74, 6) is 0. The van der Waals surface area contributed by atoms with Crippen LogP contribution in [0.5, 0.6) is 0 Å². The first-order valence-corrected chi connectivity index (χ1v) is 3.04. The van der Waals surface area contributed by atoms with Crippen LogP contribution in [0.3, 0.4) is 0 Å². The molecule has 4 heavy (non-hydrogen) atoms. The van der Waals surface area contributed by atoms with E-state index in [0.717, 1.165) is 0 Å². The van der Waals surface area contributed by atoms with Gasteiger partial charge in [0.2, 0.25) is 0 Å². The maximum atomic E-state index is 7.48. The van der Waals surface area contributed by atoms with Gasteiger partial charge < -0.3 is 0 Å². The molecule has 0 saturated heterocycles. The molecule has 0 aliphatic carbocycles. The molecule has 0 bridgehead atoms. The van der Waals surface area contributed by atoms with Crippen molar-refractivity contribution in [2.24, 2.45) is 0 Å². The second-order valence-electron chi connectivity index (χ2n) is 0.269. The second-order valence-corrected chi connectivity index (χ2v) is 1.82. The van der Waals surface area contributed by atoms with Crippen molar-refractivity contribution < 1.29 is 9.79 Å². The van der Waals surface area contributed by atoms with Crippen LogP contribution in [0.1, 0.15) is 0 Å². The molecule has 0 saturated carbocycles. The maximum absolute atomic E-state index is 7.48. The third kappa shape index (κ3) is 17.3. The summed E-state index contributed by atoms with van der Waals surface area (Å²) in [6.07, 6.45) is 0.